The monoisotopic (exact) mass is 327 g/mol. The lowest BCUT2D eigenvalue weighted by molar-refractivity contribution is -0.138. The highest BCUT2D eigenvalue weighted by Gasteiger charge is 2.41. The van der Waals surface area contributed by atoms with Crippen LogP contribution in [0.4, 0.5) is 18.9 Å². The van der Waals surface area contributed by atoms with Crippen LogP contribution in [0.5, 0.6) is 0 Å². The maximum Gasteiger partial charge on any atom is 0.389 e. The molecular formula is C16H20F3N3O. The van der Waals surface area contributed by atoms with E-state index in [1.807, 2.05) is 11.0 Å². The van der Waals surface area contributed by atoms with Crippen molar-refractivity contribution in [2.45, 2.75) is 32.0 Å². The summed E-state index contributed by atoms with van der Waals surface area (Å²) in [5.41, 5.74) is 2.74. The summed E-state index contributed by atoms with van der Waals surface area (Å²) in [6.45, 7) is 4.57. The average molecular weight is 327 g/mol. The van der Waals surface area contributed by atoms with Crippen LogP contribution in [0.2, 0.25) is 0 Å². The number of benzene rings is 1. The van der Waals surface area contributed by atoms with E-state index in [4.69, 9.17) is 0 Å². The Morgan fingerprint density at radius 1 is 1.43 bits per heavy atom. The van der Waals surface area contributed by atoms with Crippen molar-refractivity contribution in [1.29, 1.82) is 0 Å². The van der Waals surface area contributed by atoms with Gasteiger partial charge < -0.3 is 15.5 Å². The van der Waals surface area contributed by atoms with Crippen molar-refractivity contribution in [1.82, 2.24) is 10.6 Å². The molecule has 0 bridgehead atoms. The number of hydrogen-bond acceptors (Lipinski definition) is 3. The number of halogens is 3. The molecule has 0 radical (unpaired) electrons. The molecule has 0 spiro atoms. The minimum absolute atomic E-state index is 0.295. The molecular weight excluding hydrogens is 307 g/mol. The number of nitrogens with zero attached hydrogens (tertiary/aromatic N) is 1. The third-order valence-corrected chi connectivity index (χ3v) is 4.40. The lowest BCUT2D eigenvalue weighted by Crippen LogP contribution is -2.29. The van der Waals surface area contributed by atoms with Crippen LogP contribution in [0.15, 0.2) is 12.1 Å². The third-order valence-electron chi connectivity index (χ3n) is 4.40. The van der Waals surface area contributed by atoms with E-state index in [-0.39, 0.29) is 5.91 Å². The van der Waals surface area contributed by atoms with Gasteiger partial charge in [-0.25, -0.2) is 0 Å². The molecule has 1 atom stereocenters. The van der Waals surface area contributed by atoms with E-state index in [1.165, 1.54) is 0 Å². The Morgan fingerprint density at radius 3 is 2.91 bits per heavy atom. The van der Waals surface area contributed by atoms with Crippen LogP contribution in [0.1, 0.15) is 40.7 Å². The van der Waals surface area contributed by atoms with E-state index >= 15 is 0 Å². The first-order chi connectivity index (χ1) is 10.9. The maximum atomic E-state index is 13.0. The number of alkyl halides is 3. The summed E-state index contributed by atoms with van der Waals surface area (Å²) in [6.07, 6.45) is -5.13. The molecule has 2 N–H and O–H groups in total. The second-order valence-electron chi connectivity index (χ2n) is 6.03. The fourth-order valence-corrected chi connectivity index (χ4v) is 3.57. The number of hydrogen-bond donors (Lipinski definition) is 2. The van der Waals surface area contributed by atoms with Crippen LogP contribution in [-0.2, 0) is 6.54 Å². The largest absolute Gasteiger partial charge is 0.389 e. The number of amides is 1. The molecule has 23 heavy (non-hydrogen) atoms. The molecule has 2 heterocycles. The molecule has 0 fully saturated rings. The van der Waals surface area contributed by atoms with Gasteiger partial charge in [-0.3, -0.25) is 4.79 Å². The van der Waals surface area contributed by atoms with Gasteiger partial charge >= 0.3 is 6.18 Å². The number of anilines is 1. The van der Waals surface area contributed by atoms with Crippen molar-refractivity contribution in [3.8, 4) is 0 Å². The van der Waals surface area contributed by atoms with Gasteiger partial charge in [0.25, 0.3) is 5.91 Å². The van der Waals surface area contributed by atoms with Gasteiger partial charge in [0.15, 0.2) is 0 Å². The molecule has 7 heteroatoms. The molecule has 0 saturated heterocycles. The maximum absolute atomic E-state index is 13.0. The predicted molar refractivity (Wildman–Crippen MR) is 81.8 cm³/mol. The van der Waals surface area contributed by atoms with Gasteiger partial charge in [-0.05, 0) is 24.1 Å². The quantitative estimate of drug-likeness (QED) is 0.896. The van der Waals surface area contributed by atoms with Crippen LogP contribution < -0.4 is 15.5 Å². The normalized spacial score (nSPS) is 20.2. The molecule has 4 nitrogen and oxygen atoms in total. The van der Waals surface area contributed by atoms with Gasteiger partial charge in [0.2, 0.25) is 0 Å². The van der Waals surface area contributed by atoms with Crippen molar-refractivity contribution in [3.05, 3.63) is 28.8 Å². The summed E-state index contributed by atoms with van der Waals surface area (Å²) < 4.78 is 38.9. The molecule has 3 rings (SSSR count). The Morgan fingerprint density at radius 2 is 2.22 bits per heavy atom. The van der Waals surface area contributed by atoms with Crippen molar-refractivity contribution < 1.29 is 18.0 Å². The second-order valence-corrected chi connectivity index (χ2v) is 6.03. The van der Waals surface area contributed by atoms with Crippen molar-refractivity contribution in [3.63, 3.8) is 0 Å². The summed E-state index contributed by atoms with van der Waals surface area (Å²) in [5, 5.41) is 5.97. The van der Waals surface area contributed by atoms with Crippen LogP contribution in [0.25, 0.3) is 0 Å². The molecule has 0 saturated carbocycles. The van der Waals surface area contributed by atoms with Gasteiger partial charge in [0, 0.05) is 49.9 Å². The molecule has 0 aliphatic carbocycles. The summed E-state index contributed by atoms with van der Waals surface area (Å²) in [7, 11) is 0. The van der Waals surface area contributed by atoms with Crippen LogP contribution in [0, 0.1) is 0 Å². The van der Waals surface area contributed by atoms with Crippen molar-refractivity contribution >= 4 is 11.6 Å². The van der Waals surface area contributed by atoms with Gasteiger partial charge in [0.05, 0.1) is 6.42 Å². The van der Waals surface area contributed by atoms with Gasteiger partial charge in [-0.2, -0.15) is 13.2 Å². The Balaban J connectivity index is 2.08. The highest BCUT2D eigenvalue weighted by atomic mass is 19.4. The number of carbonyl (C=O) groups is 1. The lowest BCUT2D eigenvalue weighted by Gasteiger charge is -2.19. The second kappa shape index (κ2) is 6.03. The van der Waals surface area contributed by atoms with E-state index in [0.29, 0.717) is 37.3 Å². The zero-order chi connectivity index (χ0) is 16.6. The first kappa shape index (κ1) is 16.1. The SMILES string of the molecule is CCNC(=O)c1ccc2c3c1C(CC(F)(F)F)CN3CCNC2. The van der Waals surface area contributed by atoms with Crippen LogP contribution >= 0.6 is 0 Å². The van der Waals surface area contributed by atoms with Crippen molar-refractivity contribution in [2.75, 3.05) is 31.1 Å². The van der Waals surface area contributed by atoms with Crippen LogP contribution in [0.3, 0.4) is 0 Å². The molecule has 1 aromatic rings. The average Bonchev–Trinajstić information content (AvgIpc) is 2.68. The fourth-order valence-electron chi connectivity index (χ4n) is 3.57. The highest BCUT2D eigenvalue weighted by Crippen LogP contribution is 2.46. The first-order valence-electron chi connectivity index (χ1n) is 7.87. The van der Waals surface area contributed by atoms with Crippen molar-refractivity contribution in [2.24, 2.45) is 0 Å². The van der Waals surface area contributed by atoms with Gasteiger partial charge in [-0.15, -0.1) is 0 Å². The number of carbonyl (C=O) groups excluding carboxylic acids is 1. The topological polar surface area (TPSA) is 44.4 Å². The Bertz CT molecular complexity index is 615. The molecule has 126 valence electrons. The van der Waals surface area contributed by atoms with E-state index in [1.54, 1.807) is 13.0 Å². The molecule has 1 unspecified atom stereocenters. The zero-order valence-electron chi connectivity index (χ0n) is 13.0. The van der Waals surface area contributed by atoms with Crippen LogP contribution in [-0.4, -0.2) is 38.3 Å². The smallest absolute Gasteiger partial charge is 0.369 e. The van der Waals surface area contributed by atoms with E-state index < -0.39 is 18.5 Å². The standard InChI is InChI=1S/C16H20F3N3O/c1-2-21-15(23)12-4-3-10-8-20-5-6-22-9-11(7-16(17,18)19)13(12)14(10)22/h3-4,11,20H,2,5-9H2,1H3,(H,21,23). The molecule has 0 aromatic heterocycles. The number of rotatable bonds is 3. The molecule has 2 aliphatic rings. The Labute approximate surface area is 133 Å². The molecule has 2 aliphatic heterocycles. The minimum Gasteiger partial charge on any atom is -0.369 e. The lowest BCUT2D eigenvalue weighted by atomic mass is 9.90. The number of nitrogens with one attached hydrogen (secondary N) is 2. The predicted octanol–water partition coefficient (Wildman–Crippen LogP) is 2.40. The Hall–Kier alpha value is -1.76. The zero-order valence-corrected chi connectivity index (χ0v) is 13.0. The summed E-state index contributed by atoms with van der Waals surface area (Å²) in [6, 6.07) is 3.52. The van der Waals surface area contributed by atoms with E-state index in [9.17, 15) is 18.0 Å². The van der Waals surface area contributed by atoms with Gasteiger partial charge in [0.1, 0.15) is 0 Å². The highest BCUT2D eigenvalue weighted by molar-refractivity contribution is 5.98. The van der Waals surface area contributed by atoms with E-state index in [0.717, 1.165) is 17.8 Å². The first-order valence-corrected chi connectivity index (χ1v) is 7.87. The molecule has 1 aromatic carbocycles. The Kier molecular flexibility index (Phi) is 4.23. The minimum atomic E-state index is -4.24. The molecule has 1 amide bonds. The fraction of sp³-hybridized carbons (Fsp3) is 0.562. The van der Waals surface area contributed by atoms with Gasteiger partial charge in [-0.1, -0.05) is 6.07 Å². The summed E-state index contributed by atoms with van der Waals surface area (Å²) >= 11 is 0. The van der Waals surface area contributed by atoms with E-state index in [2.05, 4.69) is 10.6 Å². The third kappa shape index (κ3) is 3.15. The summed E-state index contributed by atoms with van der Waals surface area (Å²) in [4.78, 5) is 14.3. The summed E-state index contributed by atoms with van der Waals surface area (Å²) in [5.74, 6) is -0.975.